The summed E-state index contributed by atoms with van der Waals surface area (Å²) in [7, 11) is 0. The standard InChI is InChI=1S/C23H20ClN3O/c1-4-19-15(3)25-23-20(22(19)28-5-2)21(16-11-13-17(24)14-12-16)26-27(23)18-9-7-6-8-10-18/h4,6-14H,1,5H2,2-3H3. The molecule has 2 heterocycles. The number of fused-ring (bicyclic) bond motifs is 1. The first-order valence-corrected chi connectivity index (χ1v) is 9.51. The second-order valence-electron chi connectivity index (χ2n) is 6.38. The molecule has 4 rings (SSSR count). The molecule has 0 atom stereocenters. The maximum absolute atomic E-state index is 6.09. The Hall–Kier alpha value is -3.11. The van der Waals surface area contributed by atoms with Gasteiger partial charge < -0.3 is 4.74 Å². The molecule has 28 heavy (non-hydrogen) atoms. The highest BCUT2D eigenvalue weighted by molar-refractivity contribution is 6.30. The lowest BCUT2D eigenvalue weighted by molar-refractivity contribution is 0.343. The summed E-state index contributed by atoms with van der Waals surface area (Å²) in [5.74, 6) is 0.757. The van der Waals surface area contributed by atoms with E-state index in [9.17, 15) is 0 Å². The number of benzene rings is 2. The third kappa shape index (κ3) is 3.06. The van der Waals surface area contributed by atoms with E-state index < -0.39 is 0 Å². The minimum atomic E-state index is 0.538. The summed E-state index contributed by atoms with van der Waals surface area (Å²) in [6, 6.07) is 17.6. The van der Waals surface area contributed by atoms with Crippen LogP contribution in [0.4, 0.5) is 0 Å². The minimum absolute atomic E-state index is 0.538. The molecule has 0 aliphatic heterocycles. The number of ether oxygens (including phenoxy) is 1. The van der Waals surface area contributed by atoms with Gasteiger partial charge in [-0.15, -0.1) is 0 Å². The zero-order chi connectivity index (χ0) is 19.7. The molecule has 2 aromatic carbocycles. The SMILES string of the molecule is C=Cc1c(C)nc2c(c(-c3ccc(Cl)cc3)nn2-c2ccccc2)c1OCC. The summed E-state index contributed by atoms with van der Waals surface area (Å²) in [6.45, 7) is 8.43. The van der Waals surface area contributed by atoms with Gasteiger partial charge in [0.1, 0.15) is 11.4 Å². The van der Waals surface area contributed by atoms with Crippen LogP contribution >= 0.6 is 11.6 Å². The smallest absolute Gasteiger partial charge is 0.167 e. The second-order valence-corrected chi connectivity index (χ2v) is 6.82. The molecule has 2 aromatic heterocycles. The summed E-state index contributed by atoms with van der Waals surface area (Å²) in [5, 5.41) is 6.47. The fourth-order valence-corrected chi connectivity index (χ4v) is 3.46. The van der Waals surface area contributed by atoms with Gasteiger partial charge >= 0.3 is 0 Å². The Morgan fingerprint density at radius 1 is 1.11 bits per heavy atom. The molecule has 0 amide bonds. The maximum atomic E-state index is 6.09. The van der Waals surface area contributed by atoms with Gasteiger partial charge in [0, 0.05) is 16.1 Å². The zero-order valence-corrected chi connectivity index (χ0v) is 16.6. The molecule has 5 heteroatoms. The number of pyridine rings is 1. The van der Waals surface area contributed by atoms with Crippen molar-refractivity contribution < 1.29 is 4.74 Å². The van der Waals surface area contributed by atoms with Crippen molar-refractivity contribution in [2.24, 2.45) is 0 Å². The van der Waals surface area contributed by atoms with Crippen LogP contribution < -0.4 is 4.74 Å². The molecular formula is C23H20ClN3O. The van der Waals surface area contributed by atoms with Gasteiger partial charge in [-0.3, -0.25) is 0 Å². The van der Waals surface area contributed by atoms with Gasteiger partial charge in [-0.2, -0.15) is 5.10 Å². The third-order valence-corrected chi connectivity index (χ3v) is 4.86. The predicted molar refractivity (Wildman–Crippen MR) is 115 cm³/mol. The second kappa shape index (κ2) is 7.49. The molecule has 140 valence electrons. The van der Waals surface area contributed by atoms with E-state index >= 15 is 0 Å². The molecule has 0 spiro atoms. The van der Waals surface area contributed by atoms with Gasteiger partial charge in [-0.25, -0.2) is 9.67 Å². The number of para-hydroxylation sites is 1. The molecule has 0 saturated carbocycles. The van der Waals surface area contributed by atoms with E-state index in [0.29, 0.717) is 11.6 Å². The van der Waals surface area contributed by atoms with E-state index in [0.717, 1.165) is 45.0 Å². The van der Waals surface area contributed by atoms with E-state index in [1.165, 1.54) is 0 Å². The molecule has 0 bridgehead atoms. The fourth-order valence-electron chi connectivity index (χ4n) is 3.33. The minimum Gasteiger partial charge on any atom is -0.492 e. The van der Waals surface area contributed by atoms with Gasteiger partial charge in [-0.05, 0) is 38.1 Å². The molecule has 0 aliphatic carbocycles. The molecular weight excluding hydrogens is 370 g/mol. The summed E-state index contributed by atoms with van der Waals surface area (Å²) in [6.07, 6.45) is 1.79. The number of hydrogen-bond donors (Lipinski definition) is 0. The van der Waals surface area contributed by atoms with Crippen LogP contribution in [0.1, 0.15) is 18.2 Å². The Bertz CT molecular complexity index is 1150. The molecule has 0 saturated heterocycles. The summed E-state index contributed by atoms with van der Waals surface area (Å²) < 4.78 is 7.93. The monoisotopic (exact) mass is 389 g/mol. The van der Waals surface area contributed by atoms with Crippen LogP contribution in [0, 0.1) is 6.92 Å². The van der Waals surface area contributed by atoms with Crippen molar-refractivity contribution in [1.82, 2.24) is 14.8 Å². The first-order valence-electron chi connectivity index (χ1n) is 9.14. The Balaban J connectivity index is 2.12. The zero-order valence-electron chi connectivity index (χ0n) is 15.8. The maximum Gasteiger partial charge on any atom is 0.167 e. The van der Waals surface area contributed by atoms with Gasteiger partial charge in [0.2, 0.25) is 0 Å². The van der Waals surface area contributed by atoms with E-state index in [2.05, 4.69) is 6.58 Å². The van der Waals surface area contributed by atoms with Crippen molar-refractivity contribution in [3.8, 4) is 22.7 Å². The normalized spacial score (nSPS) is 11.0. The molecule has 0 unspecified atom stereocenters. The van der Waals surface area contributed by atoms with Crippen LogP contribution in [0.25, 0.3) is 34.1 Å². The highest BCUT2D eigenvalue weighted by Gasteiger charge is 2.22. The van der Waals surface area contributed by atoms with Crippen LogP contribution in [-0.2, 0) is 0 Å². The average molecular weight is 390 g/mol. The Labute approximate surface area is 169 Å². The number of halogens is 1. The van der Waals surface area contributed by atoms with E-state index in [1.807, 2.05) is 73.1 Å². The Morgan fingerprint density at radius 2 is 1.82 bits per heavy atom. The summed E-state index contributed by atoms with van der Waals surface area (Å²) in [5.41, 5.74) is 5.18. The van der Waals surface area contributed by atoms with E-state index in [1.54, 1.807) is 6.08 Å². The first kappa shape index (κ1) is 18.3. The third-order valence-electron chi connectivity index (χ3n) is 4.61. The highest BCUT2D eigenvalue weighted by Crippen LogP contribution is 2.39. The fraction of sp³-hybridized carbons (Fsp3) is 0.130. The van der Waals surface area contributed by atoms with Crippen molar-refractivity contribution in [2.75, 3.05) is 6.61 Å². The Morgan fingerprint density at radius 3 is 2.46 bits per heavy atom. The average Bonchev–Trinajstić information content (AvgIpc) is 3.08. The molecule has 0 radical (unpaired) electrons. The molecule has 0 N–H and O–H groups in total. The predicted octanol–water partition coefficient (Wildman–Crippen LogP) is 6.09. The van der Waals surface area contributed by atoms with Crippen LogP contribution in [0.5, 0.6) is 5.75 Å². The van der Waals surface area contributed by atoms with Crippen LogP contribution in [0.15, 0.2) is 61.2 Å². The van der Waals surface area contributed by atoms with Gasteiger partial charge in [0.25, 0.3) is 0 Å². The summed E-state index contributed by atoms with van der Waals surface area (Å²) >= 11 is 6.09. The first-order chi connectivity index (χ1) is 13.6. The molecule has 0 fully saturated rings. The van der Waals surface area contributed by atoms with Crippen molar-refractivity contribution in [3.63, 3.8) is 0 Å². The van der Waals surface area contributed by atoms with Crippen molar-refractivity contribution in [2.45, 2.75) is 13.8 Å². The van der Waals surface area contributed by atoms with Crippen LogP contribution in [-0.4, -0.2) is 21.4 Å². The highest BCUT2D eigenvalue weighted by atomic mass is 35.5. The van der Waals surface area contributed by atoms with E-state index in [4.69, 9.17) is 26.4 Å². The lowest BCUT2D eigenvalue weighted by Gasteiger charge is -2.12. The van der Waals surface area contributed by atoms with Crippen molar-refractivity contribution in [1.29, 1.82) is 0 Å². The number of rotatable bonds is 5. The lowest BCUT2D eigenvalue weighted by atomic mass is 10.0. The van der Waals surface area contributed by atoms with Crippen LogP contribution in [0.2, 0.25) is 5.02 Å². The largest absolute Gasteiger partial charge is 0.492 e. The molecule has 4 aromatic rings. The van der Waals surface area contributed by atoms with E-state index in [-0.39, 0.29) is 0 Å². The van der Waals surface area contributed by atoms with Crippen molar-refractivity contribution in [3.05, 3.63) is 77.5 Å². The van der Waals surface area contributed by atoms with Crippen LogP contribution in [0.3, 0.4) is 0 Å². The summed E-state index contributed by atoms with van der Waals surface area (Å²) in [4.78, 5) is 4.85. The molecule has 0 aliphatic rings. The quantitative estimate of drug-likeness (QED) is 0.414. The van der Waals surface area contributed by atoms with Gasteiger partial charge in [0.15, 0.2) is 5.65 Å². The topological polar surface area (TPSA) is 39.9 Å². The number of nitrogens with zero attached hydrogens (tertiary/aromatic N) is 3. The number of aryl methyl sites for hydroxylation is 1. The Kier molecular flexibility index (Phi) is 4.88. The molecule has 4 nitrogen and oxygen atoms in total. The lowest BCUT2D eigenvalue weighted by Crippen LogP contribution is -2.02. The van der Waals surface area contributed by atoms with Gasteiger partial charge in [0.05, 0.1) is 23.4 Å². The van der Waals surface area contributed by atoms with Crippen molar-refractivity contribution >= 4 is 28.7 Å². The number of hydrogen-bond acceptors (Lipinski definition) is 3. The number of aromatic nitrogens is 3. The van der Waals surface area contributed by atoms with Gasteiger partial charge in [-0.1, -0.05) is 54.6 Å².